The topological polar surface area (TPSA) is 36.4 Å². The van der Waals surface area contributed by atoms with E-state index in [-0.39, 0.29) is 16.4 Å². The van der Waals surface area contributed by atoms with Crippen molar-refractivity contribution in [3.05, 3.63) is 65.5 Å². The smallest absolute Gasteiger partial charge is 0.191 e. The molecule has 0 spiro atoms. The van der Waals surface area contributed by atoms with Gasteiger partial charge in [0.1, 0.15) is 17.5 Å². The maximum atomic E-state index is 13.4. The van der Waals surface area contributed by atoms with Crippen LogP contribution >= 0.6 is 12.2 Å². The van der Waals surface area contributed by atoms with Crippen LogP contribution < -0.4 is 10.7 Å². The van der Waals surface area contributed by atoms with Crippen molar-refractivity contribution in [2.45, 2.75) is 0 Å². The van der Waals surface area contributed by atoms with E-state index in [4.69, 9.17) is 12.2 Å². The van der Waals surface area contributed by atoms with Crippen molar-refractivity contribution in [3.63, 3.8) is 0 Å². The van der Waals surface area contributed by atoms with E-state index < -0.39 is 17.5 Å². The highest BCUT2D eigenvalue weighted by Crippen LogP contribution is 2.12. The summed E-state index contributed by atoms with van der Waals surface area (Å²) in [5.74, 6) is -1.88. The van der Waals surface area contributed by atoms with Crippen molar-refractivity contribution in [1.82, 2.24) is 5.43 Å². The van der Waals surface area contributed by atoms with Crippen molar-refractivity contribution in [3.8, 4) is 0 Å². The SMILES string of the molecule is Fc1ccc(/C=N\NC(=S)Nc2ccccc2F)c(F)c1. The Morgan fingerprint density at radius 2 is 1.81 bits per heavy atom. The van der Waals surface area contributed by atoms with Crippen molar-refractivity contribution in [2.75, 3.05) is 5.32 Å². The van der Waals surface area contributed by atoms with Crippen LogP contribution in [0.25, 0.3) is 0 Å². The van der Waals surface area contributed by atoms with E-state index in [9.17, 15) is 13.2 Å². The normalized spacial score (nSPS) is 10.6. The third-order valence-corrected chi connectivity index (χ3v) is 2.65. The molecule has 7 heteroatoms. The van der Waals surface area contributed by atoms with Gasteiger partial charge >= 0.3 is 0 Å². The van der Waals surface area contributed by atoms with Gasteiger partial charge < -0.3 is 5.32 Å². The summed E-state index contributed by atoms with van der Waals surface area (Å²) in [6.45, 7) is 0. The van der Waals surface area contributed by atoms with Gasteiger partial charge in [-0.15, -0.1) is 0 Å². The lowest BCUT2D eigenvalue weighted by Crippen LogP contribution is -2.24. The Labute approximate surface area is 124 Å². The Morgan fingerprint density at radius 3 is 2.52 bits per heavy atom. The van der Waals surface area contributed by atoms with Crippen molar-refractivity contribution in [2.24, 2.45) is 5.10 Å². The lowest BCUT2D eigenvalue weighted by Gasteiger charge is -2.07. The van der Waals surface area contributed by atoms with Crippen LogP contribution in [-0.4, -0.2) is 11.3 Å². The van der Waals surface area contributed by atoms with E-state index in [1.165, 1.54) is 18.2 Å². The number of nitrogens with zero attached hydrogens (tertiary/aromatic N) is 1. The van der Waals surface area contributed by atoms with Crippen LogP contribution in [0, 0.1) is 17.5 Å². The summed E-state index contributed by atoms with van der Waals surface area (Å²) in [6, 6.07) is 9.08. The third kappa shape index (κ3) is 4.28. The highest BCUT2D eigenvalue weighted by Gasteiger charge is 2.03. The minimum atomic E-state index is -0.742. The molecule has 0 aliphatic rings. The zero-order chi connectivity index (χ0) is 15.2. The Kier molecular flexibility index (Phi) is 4.89. The van der Waals surface area contributed by atoms with Crippen LogP contribution in [0.15, 0.2) is 47.6 Å². The standard InChI is InChI=1S/C14H10F3N3S/c15-10-6-5-9(12(17)7-10)8-18-20-14(21)19-13-4-2-1-3-11(13)16/h1-8H,(H2,19,20,21)/b18-8-. The quantitative estimate of drug-likeness (QED) is 0.518. The third-order valence-electron chi connectivity index (χ3n) is 2.45. The first kappa shape index (κ1) is 15.0. The second kappa shape index (κ2) is 6.85. The van der Waals surface area contributed by atoms with Crippen molar-refractivity contribution < 1.29 is 13.2 Å². The maximum Gasteiger partial charge on any atom is 0.191 e. The van der Waals surface area contributed by atoms with Gasteiger partial charge in [0.2, 0.25) is 0 Å². The average Bonchev–Trinajstić information content (AvgIpc) is 2.44. The molecule has 0 aliphatic heterocycles. The molecule has 0 aromatic heterocycles. The fraction of sp³-hybridized carbons (Fsp3) is 0. The molecule has 0 fully saturated rings. The van der Waals surface area contributed by atoms with Gasteiger partial charge in [0, 0.05) is 11.6 Å². The Morgan fingerprint density at radius 1 is 1.05 bits per heavy atom. The molecule has 108 valence electrons. The molecule has 21 heavy (non-hydrogen) atoms. The van der Waals surface area contributed by atoms with Gasteiger partial charge in [0.05, 0.1) is 11.9 Å². The predicted octanol–water partition coefficient (Wildman–Crippen LogP) is 3.42. The van der Waals surface area contributed by atoms with Crippen LogP contribution in [0.1, 0.15) is 5.56 Å². The van der Waals surface area contributed by atoms with E-state index in [2.05, 4.69) is 15.8 Å². The second-order valence-electron chi connectivity index (χ2n) is 3.97. The first-order chi connectivity index (χ1) is 10.1. The summed E-state index contributed by atoms with van der Waals surface area (Å²) in [7, 11) is 0. The van der Waals surface area contributed by atoms with Gasteiger partial charge in [-0.1, -0.05) is 12.1 Å². The Hall–Kier alpha value is -2.41. The van der Waals surface area contributed by atoms with Gasteiger partial charge in [-0.25, -0.2) is 13.2 Å². The van der Waals surface area contributed by atoms with Crippen LogP contribution in [0.2, 0.25) is 0 Å². The van der Waals surface area contributed by atoms with E-state index in [0.29, 0.717) is 0 Å². The second-order valence-corrected chi connectivity index (χ2v) is 4.38. The fourth-order valence-corrected chi connectivity index (χ4v) is 1.64. The highest BCUT2D eigenvalue weighted by molar-refractivity contribution is 7.80. The van der Waals surface area contributed by atoms with Crippen LogP contribution in [-0.2, 0) is 0 Å². The average molecular weight is 309 g/mol. The van der Waals surface area contributed by atoms with E-state index in [1.54, 1.807) is 12.1 Å². The zero-order valence-electron chi connectivity index (χ0n) is 10.6. The maximum absolute atomic E-state index is 13.4. The predicted molar refractivity (Wildman–Crippen MR) is 79.7 cm³/mol. The number of rotatable bonds is 3. The molecule has 2 rings (SSSR count). The number of hydrogen-bond donors (Lipinski definition) is 2. The molecule has 0 bridgehead atoms. The number of hydrogen-bond acceptors (Lipinski definition) is 2. The Balaban J connectivity index is 1.95. The van der Waals surface area contributed by atoms with Gasteiger partial charge in [-0.3, -0.25) is 5.43 Å². The minimum absolute atomic E-state index is 0.0406. The summed E-state index contributed by atoms with van der Waals surface area (Å²) in [5, 5.41) is 6.33. The first-order valence-corrected chi connectivity index (χ1v) is 6.27. The molecule has 0 aliphatic carbocycles. The fourth-order valence-electron chi connectivity index (χ4n) is 1.48. The van der Waals surface area contributed by atoms with Crippen LogP contribution in [0.5, 0.6) is 0 Å². The lowest BCUT2D eigenvalue weighted by molar-refractivity contribution is 0.582. The van der Waals surface area contributed by atoms with Gasteiger partial charge in [0.25, 0.3) is 0 Å². The van der Waals surface area contributed by atoms with E-state index in [1.807, 2.05) is 0 Å². The number of halogens is 3. The minimum Gasteiger partial charge on any atom is -0.329 e. The number of para-hydroxylation sites is 1. The first-order valence-electron chi connectivity index (χ1n) is 5.86. The summed E-state index contributed by atoms with van der Waals surface area (Å²) < 4.78 is 39.4. The van der Waals surface area contributed by atoms with Crippen LogP contribution in [0.4, 0.5) is 18.9 Å². The largest absolute Gasteiger partial charge is 0.329 e. The van der Waals surface area contributed by atoms with Gasteiger partial charge in [0.15, 0.2) is 5.11 Å². The number of thiocarbonyl (C=S) groups is 1. The highest BCUT2D eigenvalue weighted by atomic mass is 32.1. The van der Waals surface area contributed by atoms with Crippen LogP contribution in [0.3, 0.4) is 0 Å². The number of hydrazone groups is 1. The molecule has 0 atom stereocenters. The molecule has 2 aromatic carbocycles. The number of benzene rings is 2. The molecule has 0 radical (unpaired) electrons. The van der Waals surface area contributed by atoms with E-state index >= 15 is 0 Å². The molecular formula is C14H10F3N3S. The van der Waals surface area contributed by atoms with Crippen molar-refractivity contribution in [1.29, 1.82) is 0 Å². The molecule has 3 nitrogen and oxygen atoms in total. The van der Waals surface area contributed by atoms with Crippen molar-refractivity contribution >= 4 is 29.2 Å². The molecule has 0 unspecified atom stereocenters. The molecule has 0 amide bonds. The number of anilines is 1. The lowest BCUT2D eigenvalue weighted by atomic mass is 10.2. The molecule has 0 saturated carbocycles. The molecular weight excluding hydrogens is 299 g/mol. The molecule has 2 N–H and O–H groups in total. The Bertz CT molecular complexity index is 689. The summed E-state index contributed by atoms with van der Waals surface area (Å²) in [6.07, 6.45) is 1.14. The molecule has 0 saturated heterocycles. The molecule has 0 heterocycles. The summed E-state index contributed by atoms with van der Waals surface area (Å²) >= 11 is 4.91. The summed E-state index contributed by atoms with van der Waals surface area (Å²) in [4.78, 5) is 0. The molecule has 2 aromatic rings. The van der Waals surface area contributed by atoms with Gasteiger partial charge in [-0.2, -0.15) is 5.10 Å². The zero-order valence-corrected chi connectivity index (χ0v) is 11.4. The summed E-state index contributed by atoms with van der Waals surface area (Å²) in [5.41, 5.74) is 2.70. The monoisotopic (exact) mass is 309 g/mol. The van der Waals surface area contributed by atoms with Gasteiger partial charge in [-0.05, 0) is 36.5 Å². The number of nitrogens with one attached hydrogen (secondary N) is 2. The van der Waals surface area contributed by atoms with E-state index in [0.717, 1.165) is 18.3 Å².